The highest BCUT2D eigenvalue weighted by Crippen LogP contribution is 2.12. The van der Waals surface area contributed by atoms with Crippen molar-refractivity contribution in [2.24, 2.45) is 11.8 Å². The molecule has 1 unspecified atom stereocenters. The van der Waals surface area contributed by atoms with E-state index in [2.05, 4.69) is 24.5 Å². The molecule has 0 saturated carbocycles. The predicted octanol–water partition coefficient (Wildman–Crippen LogP) is 1.08. The first-order valence-electron chi connectivity index (χ1n) is 7.16. The summed E-state index contributed by atoms with van der Waals surface area (Å²) in [5.74, 6) is 1.47. The van der Waals surface area contributed by atoms with Gasteiger partial charge in [0.2, 0.25) is 5.91 Å². The van der Waals surface area contributed by atoms with Crippen molar-refractivity contribution in [1.82, 2.24) is 15.5 Å². The lowest BCUT2D eigenvalue weighted by molar-refractivity contribution is -0.131. The van der Waals surface area contributed by atoms with Crippen molar-refractivity contribution < 1.29 is 4.79 Å². The minimum absolute atomic E-state index is 0.0186. The third kappa shape index (κ3) is 5.36. The van der Waals surface area contributed by atoms with E-state index in [-0.39, 0.29) is 11.9 Å². The Bertz CT molecular complexity index is 247. The SMILES string of the molecule is CC(C)CC(NCC1CCNCC1)C(=O)N(C)C. The second-order valence-corrected chi connectivity index (χ2v) is 6.02. The number of hydrogen-bond donors (Lipinski definition) is 2. The van der Waals surface area contributed by atoms with E-state index in [1.54, 1.807) is 4.90 Å². The molecule has 0 aromatic rings. The van der Waals surface area contributed by atoms with Crippen LogP contribution in [0.3, 0.4) is 0 Å². The summed E-state index contributed by atoms with van der Waals surface area (Å²) in [4.78, 5) is 13.8. The fourth-order valence-corrected chi connectivity index (χ4v) is 2.45. The zero-order valence-electron chi connectivity index (χ0n) is 12.3. The van der Waals surface area contributed by atoms with Crippen LogP contribution < -0.4 is 10.6 Å². The van der Waals surface area contributed by atoms with E-state index < -0.39 is 0 Å². The zero-order chi connectivity index (χ0) is 13.5. The number of nitrogens with one attached hydrogen (secondary N) is 2. The monoisotopic (exact) mass is 255 g/mol. The summed E-state index contributed by atoms with van der Waals surface area (Å²) in [6.07, 6.45) is 3.36. The Kier molecular flexibility index (Phi) is 6.65. The minimum atomic E-state index is -0.0186. The van der Waals surface area contributed by atoms with E-state index in [9.17, 15) is 4.79 Å². The molecule has 2 N–H and O–H groups in total. The first-order valence-corrected chi connectivity index (χ1v) is 7.16. The van der Waals surface area contributed by atoms with Crippen LogP contribution in [0.5, 0.6) is 0 Å². The minimum Gasteiger partial charge on any atom is -0.347 e. The van der Waals surface area contributed by atoms with Crippen molar-refractivity contribution in [2.45, 2.75) is 39.2 Å². The van der Waals surface area contributed by atoms with Crippen molar-refractivity contribution in [3.63, 3.8) is 0 Å². The molecule has 1 rings (SSSR count). The van der Waals surface area contributed by atoms with Gasteiger partial charge < -0.3 is 15.5 Å². The normalized spacial score (nSPS) is 18.9. The molecule has 0 aromatic heterocycles. The number of amides is 1. The molecule has 1 atom stereocenters. The van der Waals surface area contributed by atoms with E-state index in [4.69, 9.17) is 0 Å². The first-order chi connectivity index (χ1) is 8.50. The molecule has 106 valence electrons. The molecular formula is C14H29N3O. The Morgan fingerprint density at radius 1 is 1.33 bits per heavy atom. The quantitative estimate of drug-likeness (QED) is 0.746. The molecule has 0 spiro atoms. The van der Waals surface area contributed by atoms with Gasteiger partial charge in [-0.15, -0.1) is 0 Å². The summed E-state index contributed by atoms with van der Waals surface area (Å²) >= 11 is 0. The van der Waals surface area contributed by atoms with Gasteiger partial charge in [0.1, 0.15) is 0 Å². The maximum absolute atomic E-state index is 12.1. The topological polar surface area (TPSA) is 44.4 Å². The van der Waals surface area contributed by atoms with Gasteiger partial charge in [-0.2, -0.15) is 0 Å². The lowest BCUT2D eigenvalue weighted by atomic mass is 9.96. The van der Waals surface area contributed by atoms with Gasteiger partial charge >= 0.3 is 0 Å². The number of hydrogen-bond acceptors (Lipinski definition) is 3. The van der Waals surface area contributed by atoms with Crippen molar-refractivity contribution in [3.8, 4) is 0 Å². The average molecular weight is 255 g/mol. The highest BCUT2D eigenvalue weighted by Gasteiger charge is 2.22. The van der Waals surface area contributed by atoms with Gasteiger partial charge in [-0.3, -0.25) is 4.79 Å². The van der Waals surface area contributed by atoms with Crippen LogP contribution in [0.15, 0.2) is 0 Å². The Labute approximate surface area is 111 Å². The van der Waals surface area contributed by atoms with E-state index in [1.807, 2.05) is 14.1 Å². The molecule has 1 fully saturated rings. The van der Waals surface area contributed by atoms with E-state index in [1.165, 1.54) is 12.8 Å². The third-order valence-electron chi connectivity index (χ3n) is 3.56. The maximum Gasteiger partial charge on any atom is 0.239 e. The molecule has 1 amide bonds. The maximum atomic E-state index is 12.1. The molecule has 0 radical (unpaired) electrons. The van der Waals surface area contributed by atoms with E-state index in [0.717, 1.165) is 32.0 Å². The molecule has 0 bridgehead atoms. The van der Waals surface area contributed by atoms with E-state index >= 15 is 0 Å². The second kappa shape index (κ2) is 7.74. The van der Waals surface area contributed by atoms with Crippen LogP contribution in [0, 0.1) is 11.8 Å². The van der Waals surface area contributed by atoms with Crippen molar-refractivity contribution in [2.75, 3.05) is 33.7 Å². The molecule has 4 heteroatoms. The third-order valence-corrected chi connectivity index (χ3v) is 3.56. The van der Waals surface area contributed by atoms with Gasteiger partial charge in [-0.25, -0.2) is 0 Å². The van der Waals surface area contributed by atoms with Gasteiger partial charge in [0, 0.05) is 14.1 Å². The van der Waals surface area contributed by atoms with Crippen LogP contribution in [0.4, 0.5) is 0 Å². The summed E-state index contributed by atoms with van der Waals surface area (Å²) in [6, 6.07) is -0.0186. The van der Waals surface area contributed by atoms with Crippen LogP contribution >= 0.6 is 0 Å². The standard InChI is InChI=1S/C14H29N3O/c1-11(2)9-13(14(18)17(3)4)16-10-12-5-7-15-8-6-12/h11-13,15-16H,5-10H2,1-4H3. The molecule has 1 heterocycles. The van der Waals surface area contributed by atoms with Crippen molar-refractivity contribution >= 4 is 5.91 Å². The lowest BCUT2D eigenvalue weighted by Gasteiger charge is -2.27. The van der Waals surface area contributed by atoms with Crippen LogP contribution in [0.25, 0.3) is 0 Å². The lowest BCUT2D eigenvalue weighted by Crippen LogP contribution is -2.46. The molecule has 1 saturated heterocycles. The fraction of sp³-hybridized carbons (Fsp3) is 0.929. The highest BCUT2D eigenvalue weighted by molar-refractivity contribution is 5.81. The zero-order valence-corrected chi connectivity index (χ0v) is 12.3. The molecule has 0 aromatic carbocycles. The summed E-state index contributed by atoms with van der Waals surface area (Å²) in [7, 11) is 3.67. The predicted molar refractivity (Wildman–Crippen MR) is 75.5 cm³/mol. The Balaban J connectivity index is 2.42. The van der Waals surface area contributed by atoms with Crippen LogP contribution in [0.2, 0.25) is 0 Å². The average Bonchev–Trinajstić information content (AvgIpc) is 2.34. The van der Waals surface area contributed by atoms with Gasteiger partial charge in [0.05, 0.1) is 6.04 Å². The molecule has 18 heavy (non-hydrogen) atoms. The van der Waals surface area contributed by atoms with Gasteiger partial charge in [-0.05, 0) is 50.7 Å². The van der Waals surface area contributed by atoms with Gasteiger partial charge in [0.25, 0.3) is 0 Å². The van der Waals surface area contributed by atoms with Gasteiger partial charge in [-0.1, -0.05) is 13.8 Å². The summed E-state index contributed by atoms with van der Waals surface area (Å²) in [5.41, 5.74) is 0. The van der Waals surface area contributed by atoms with Crippen molar-refractivity contribution in [3.05, 3.63) is 0 Å². The molecule has 1 aliphatic rings. The number of carbonyl (C=O) groups is 1. The van der Waals surface area contributed by atoms with Crippen LogP contribution in [-0.4, -0.2) is 50.6 Å². The molecule has 0 aliphatic carbocycles. The van der Waals surface area contributed by atoms with E-state index in [0.29, 0.717) is 5.92 Å². The second-order valence-electron chi connectivity index (χ2n) is 6.02. The Hall–Kier alpha value is -0.610. The molecular weight excluding hydrogens is 226 g/mol. The Morgan fingerprint density at radius 2 is 1.94 bits per heavy atom. The van der Waals surface area contributed by atoms with Crippen LogP contribution in [0.1, 0.15) is 33.1 Å². The number of piperidine rings is 1. The molecule has 1 aliphatic heterocycles. The number of rotatable bonds is 6. The summed E-state index contributed by atoms with van der Waals surface area (Å²) in [5, 5.41) is 6.86. The summed E-state index contributed by atoms with van der Waals surface area (Å²) in [6.45, 7) is 7.54. The Morgan fingerprint density at radius 3 is 2.44 bits per heavy atom. The fourth-order valence-electron chi connectivity index (χ4n) is 2.45. The van der Waals surface area contributed by atoms with Crippen molar-refractivity contribution in [1.29, 1.82) is 0 Å². The van der Waals surface area contributed by atoms with Crippen LogP contribution in [-0.2, 0) is 4.79 Å². The smallest absolute Gasteiger partial charge is 0.239 e. The number of likely N-dealkylation sites (N-methyl/N-ethyl adjacent to an activating group) is 1. The number of carbonyl (C=O) groups excluding carboxylic acids is 1. The largest absolute Gasteiger partial charge is 0.347 e. The molecule has 4 nitrogen and oxygen atoms in total. The first kappa shape index (κ1) is 15.4. The summed E-state index contributed by atoms with van der Waals surface area (Å²) < 4.78 is 0. The highest BCUT2D eigenvalue weighted by atomic mass is 16.2. The number of nitrogens with zero attached hydrogens (tertiary/aromatic N) is 1. The van der Waals surface area contributed by atoms with Gasteiger partial charge in [0.15, 0.2) is 0 Å².